The summed E-state index contributed by atoms with van der Waals surface area (Å²) >= 11 is 0. The van der Waals surface area contributed by atoms with Crippen molar-refractivity contribution in [3.8, 4) is 0 Å². The van der Waals surface area contributed by atoms with Gasteiger partial charge in [-0.25, -0.2) is 0 Å². The molecule has 0 radical (unpaired) electrons. The Balaban J connectivity index is 1.76. The molecule has 4 aliphatic rings. The molecule has 102 valence electrons. The summed E-state index contributed by atoms with van der Waals surface area (Å²) in [5.74, 6) is 2.71. The van der Waals surface area contributed by atoms with Gasteiger partial charge < -0.3 is 0 Å². The van der Waals surface area contributed by atoms with Gasteiger partial charge in [-0.1, -0.05) is 50.6 Å². The molecule has 5 atom stereocenters. The number of hydrogen-bond donors (Lipinski definition) is 0. The van der Waals surface area contributed by atoms with Crippen LogP contribution < -0.4 is 0 Å². The van der Waals surface area contributed by atoms with Crippen molar-refractivity contribution in [2.24, 2.45) is 28.6 Å². The van der Waals surface area contributed by atoms with Crippen LogP contribution in [0, 0.1) is 28.6 Å². The lowest BCUT2D eigenvalue weighted by Crippen LogP contribution is -2.46. The Morgan fingerprint density at radius 1 is 1.11 bits per heavy atom. The lowest BCUT2D eigenvalue weighted by molar-refractivity contribution is 0.0113. The van der Waals surface area contributed by atoms with Crippen LogP contribution in [0.5, 0.6) is 0 Å². The van der Waals surface area contributed by atoms with Gasteiger partial charge in [-0.05, 0) is 66.3 Å². The molecule has 0 nitrogen and oxygen atoms in total. The summed E-state index contributed by atoms with van der Waals surface area (Å²) in [6.07, 6.45) is 20.7. The summed E-state index contributed by atoms with van der Waals surface area (Å²) < 4.78 is 0. The lowest BCUT2D eigenvalue weighted by atomic mass is 9.50. The van der Waals surface area contributed by atoms with Crippen LogP contribution in [-0.2, 0) is 0 Å². The third kappa shape index (κ3) is 1.52. The van der Waals surface area contributed by atoms with E-state index in [0.717, 1.165) is 17.8 Å². The van der Waals surface area contributed by atoms with Crippen LogP contribution in [0.3, 0.4) is 0 Å². The summed E-state index contributed by atoms with van der Waals surface area (Å²) in [4.78, 5) is 0. The zero-order chi connectivity index (χ0) is 13.1. The molecule has 0 heteroatoms. The average molecular weight is 254 g/mol. The van der Waals surface area contributed by atoms with E-state index in [-0.39, 0.29) is 0 Å². The summed E-state index contributed by atoms with van der Waals surface area (Å²) in [5.41, 5.74) is 2.68. The molecule has 0 heterocycles. The fourth-order valence-corrected chi connectivity index (χ4v) is 5.82. The van der Waals surface area contributed by atoms with E-state index in [1.165, 1.54) is 38.5 Å². The Bertz CT molecular complexity index is 480. The topological polar surface area (TPSA) is 0 Å². The molecule has 0 spiro atoms. The van der Waals surface area contributed by atoms with Crippen molar-refractivity contribution in [1.29, 1.82) is 0 Å². The van der Waals surface area contributed by atoms with Crippen molar-refractivity contribution in [2.75, 3.05) is 0 Å². The highest BCUT2D eigenvalue weighted by atomic mass is 14.6. The molecule has 0 aliphatic heterocycles. The van der Waals surface area contributed by atoms with Crippen LogP contribution in [0.25, 0.3) is 0 Å². The maximum Gasteiger partial charge on any atom is -0.000690 e. The first-order valence-corrected chi connectivity index (χ1v) is 8.19. The second kappa shape index (κ2) is 3.87. The molecule has 0 aromatic carbocycles. The van der Waals surface area contributed by atoms with E-state index in [2.05, 4.69) is 44.2 Å². The fraction of sp³-hybridized carbons (Fsp3) is 0.684. The molecular formula is C19H26. The first-order valence-electron chi connectivity index (χ1n) is 8.19. The van der Waals surface area contributed by atoms with E-state index in [1.807, 2.05) is 0 Å². The van der Waals surface area contributed by atoms with E-state index < -0.39 is 0 Å². The second-order valence-corrected chi connectivity index (χ2v) is 7.91. The van der Waals surface area contributed by atoms with Crippen LogP contribution in [0.1, 0.15) is 52.4 Å². The van der Waals surface area contributed by atoms with Gasteiger partial charge in [-0.15, -0.1) is 0 Å². The van der Waals surface area contributed by atoms with Crippen molar-refractivity contribution in [1.82, 2.24) is 0 Å². The molecule has 0 saturated heterocycles. The Kier molecular flexibility index (Phi) is 2.44. The molecule has 0 amide bonds. The second-order valence-electron chi connectivity index (χ2n) is 7.91. The van der Waals surface area contributed by atoms with Crippen molar-refractivity contribution in [2.45, 2.75) is 52.4 Å². The Morgan fingerprint density at radius 3 is 2.89 bits per heavy atom. The minimum absolute atomic E-state index is 0.429. The van der Waals surface area contributed by atoms with Gasteiger partial charge in [0.2, 0.25) is 0 Å². The number of hydrogen-bond acceptors (Lipinski definition) is 0. The van der Waals surface area contributed by atoms with Gasteiger partial charge in [0, 0.05) is 0 Å². The molecule has 0 unspecified atom stereocenters. The third-order valence-electron chi connectivity index (χ3n) is 7.04. The normalized spacial score (nSPS) is 51.3. The maximum atomic E-state index is 2.59. The molecule has 0 aromatic heterocycles. The molecule has 0 aromatic rings. The molecule has 2 fully saturated rings. The van der Waals surface area contributed by atoms with Crippen molar-refractivity contribution < 1.29 is 0 Å². The van der Waals surface area contributed by atoms with Crippen molar-refractivity contribution >= 4 is 0 Å². The molecule has 19 heavy (non-hydrogen) atoms. The number of allylic oxidation sites excluding steroid dienone is 6. The predicted octanol–water partition coefficient (Wildman–Crippen LogP) is 5.28. The van der Waals surface area contributed by atoms with Crippen LogP contribution in [0.4, 0.5) is 0 Å². The predicted molar refractivity (Wildman–Crippen MR) is 80.7 cm³/mol. The van der Waals surface area contributed by atoms with Gasteiger partial charge >= 0.3 is 0 Å². The molecule has 4 rings (SSSR count). The maximum absolute atomic E-state index is 2.59. The zero-order valence-corrected chi connectivity index (χ0v) is 12.4. The summed E-state index contributed by atoms with van der Waals surface area (Å²) in [6.45, 7) is 5.10. The Hall–Kier alpha value is -0.780. The van der Waals surface area contributed by atoms with Gasteiger partial charge in [-0.2, -0.15) is 0 Å². The van der Waals surface area contributed by atoms with Crippen LogP contribution in [0.2, 0.25) is 0 Å². The van der Waals surface area contributed by atoms with Crippen LogP contribution >= 0.6 is 0 Å². The van der Waals surface area contributed by atoms with Gasteiger partial charge in [0.25, 0.3) is 0 Å². The van der Waals surface area contributed by atoms with Gasteiger partial charge in [0.15, 0.2) is 0 Å². The highest BCUT2D eigenvalue weighted by molar-refractivity contribution is 5.39. The number of rotatable bonds is 0. The molecule has 4 aliphatic carbocycles. The first kappa shape index (κ1) is 12.0. The molecule has 0 bridgehead atoms. The summed E-state index contributed by atoms with van der Waals surface area (Å²) in [5, 5.41) is 0. The lowest BCUT2D eigenvalue weighted by Gasteiger charge is -2.54. The number of fused-ring (bicyclic) bond motifs is 5. The Morgan fingerprint density at radius 2 is 2.00 bits per heavy atom. The third-order valence-corrected chi connectivity index (χ3v) is 7.04. The standard InChI is InChI=1S/C19H26/c1-18-11-5-7-16(18)15-9-8-14-6-3-4-12-19(14,2)17(15)10-13-18/h3-4,6,8-9,15-17H,5,7,10-13H2,1-2H3/t15-,16-,17-,18-,19+/m0/s1. The van der Waals surface area contributed by atoms with Gasteiger partial charge in [0.1, 0.15) is 0 Å². The highest BCUT2D eigenvalue weighted by Crippen LogP contribution is 2.63. The van der Waals surface area contributed by atoms with Gasteiger partial charge in [-0.3, -0.25) is 0 Å². The summed E-state index contributed by atoms with van der Waals surface area (Å²) in [6, 6.07) is 0. The molecule has 2 saturated carbocycles. The van der Waals surface area contributed by atoms with E-state index >= 15 is 0 Å². The monoisotopic (exact) mass is 254 g/mol. The van der Waals surface area contributed by atoms with Gasteiger partial charge in [0.05, 0.1) is 0 Å². The minimum atomic E-state index is 0.429. The quantitative estimate of drug-likeness (QED) is 0.551. The largest absolute Gasteiger partial charge is 0.0836 e. The smallest absolute Gasteiger partial charge is 0.000690 e. The zero-order valence-electron chi connectivity index (χ0n) is 12.4. The van der Waals surface area contributed by atoms with Crippen molar-refractivity contribution in [3.63, 3.8) is 0 Å². The average Bonchev–Trinajstić information content (AvgIpc) is 2.79. The van der Waals surface area contributed by atoms with E-state index in [0.29, 0.717) is 10.8 Å². The first-order chi connectivity index (χ1) is 9.13. The fourth-order valence-electron chi connectivity index (χ4n) is 5.82. The van der Waals surface area contributed by atoms with Crippen LogP contribution in [0.15, 0.2) is 36.0 Å². The minimum Gasteiger partial charge on any atom is -0.0836 e. The van der Waals surface area contributed by atoms with Crippen LogP contribution in [-0.4, -0.2) is 0 Å². The SMILES string of the molecule is C[C@@]12CCC[C@H]1[C@@H]1C=CC3=CC=CC[C@@]3(C)[C@H]1CC2. The van der Waals surface area contributed by atoms with E-state index in [4.69, 9.17) is 0 Å². The summed E-state index contributed by atoms with van der Waals surface area (Å²) in [7, 11) is 0. The highest BCUT2D eigenvalue weighted by Gasteiger charge is 2.54. The van der Waals surface area contributed by atoms with E-state index in [9.17, 15) is 0 Å². The molecule has 0 N–H and O–H groups in total. The Labute approximate surface area is 117 Å². The van der Waals surface area contributed by atoms with Crippen molar-refractivity contribution in [3.05, 3.63) is 36.0 Å². The molecular weight excluding hydrogens is 228 g/mol. The van der Waals surface area contributed by atoms with E-state index in [1.54, 1.807) is 5.57 Å².